The van der Waals surface area contributed by atoms with Crippen LogP contribution in [-0.2, 0) is 16.6 Å². The Morgan fingerprint density at radius 2 is 1.76 bits per heavy atom. The Labute approximate surface area is 177 Å². The first-order valence-electron chi connectivity index (χ1n) is 9.87. The monoisotopic (exact) mass is 432 g/mol. The Bertz CT molecular complexity index is 964. The van der Waals surface area contributed by atoms with E-state index in [-0.39, 0.29) is 17.3 Å². The van der Waals surface area contributed by atoms with Gasteiger partial charge in [-0.05, 0) is 54.3 Å². The van der Waals surface area contributed by atoms with Crippen LogP contribution >= 0.6 is 11.8 Å². The minimum atomic E-state index is -3.72. The molecule has 0 aromatic heterocycles. The van der Waals surface area contributed by atoms with Gasteiger partial charge in [-0.1, -0.05) is 38.1 Å². The summed E-state index contributed by atoms with van der Waals surface area (Å²) >= 11 is 1.45. The van der Waals surface area contributed by atoms with Crippen LogP contribution in [0.15, 0.2) is 52.3 Å². The van der Waals surface area contributed by atoms with Gasteiger partial charge in [-0.2, -0.15) is 0 Å². The standard InChI is InChI=1S/C22H28N2O3S2/c1-16(2)18-8-6-17(7-9-18)15-23-29(26,27)19-10-11-21(28-3)20(14-19)22(25)24-12-4-5-13-24/h6-11,14,16,23H,4-5,12-13,15H2,1-3H3. The summed E-state index contributed by atoms with van der Waals surface area (Å²) < 4.78 is 28.3. The topological polar surface area (TPSA) is 66.5 Å². The van der Waals surface area contributed by atoms with Crippen LogP contribution in [0.5, 0.6) is 0 Å². The highest BCUT2D eigenvalue weighted by atomic mass is 32.2. The number of thioether (sulfide) groups is 1. The van der Waals surface area contributed by atoms with Gasteiger partial charge in [0.2, 0.25) is 10.0 Å². The molecule has 7 heteroatoms. The fourth-order valence-corrected chi connectivity index (χ4v) is 5.01. The van der Waals surface area contributed by atoms with Gasteiger partial charge in [0.1, 0.15) is 0 Å². The van der Waals surface area contributed by atoms with Crippen molar-refractivity contribution < 1.29 is 13.2 Å². The van der Waals surface area contributed by atoms with Crippen molar-refractivity contribution in [1.29, 1.82) is 0 Å². The van der Waals surface area contributed by atoms with Gasteiger partial charge in [-0.25, -0.2) is 13.1 Å². The lowest BCUT2D eigenvalue weighted by Gasteiger charge is -2.18. The predicted molar refractivity (Wildman–Crippen MR) is 118 cm³/mol. The second-order valence-electron chi connectivity index (χ2n) is 7.58. The first-order chi connectivity index (χ1) is 13.8. The van der Waals surface area contributed by atoms with Crippen molar-refractivity contribution in [2.75, 3.05) is 19.3 Å². The molecule has 1 N–H and O–H groups in total. The average molecular weight is 433 g/mol. The van der Waals surface area contributed by atoms with Gasteiger partial charge in [0, 0.05) is 24.5 Å². The molecule has 156 valence electrons. The number of likely N-dealkylation sites (tertiary alicyclic amines) is 1. The van der Waals surface area contributed by atoms with Gasteiger partial charge in [0.15, 0.2) is 0 Å². The molecule has 1 aliphatic rings. The number of rotatable bonds is 7. The number of nitrogens with zero attached hydrogens (tertiary/aromatic N) is 1. The maximum absolute atomic E-state index is 12.9. The Morgan fingerprint density at radius 3 is 2.34 bits per heavy atom. The third-order valence-corrected chi connectivity index (χ3v) is 7.41. The molecule has 5 nitrogen and oxygen atoms in total. The molecule has 29 heavy (non-hydrogen) atoms. The normalized spacial score (nSPS) is 14.6. The van der Waals surface area contributed by atoms with Gasteiger partial charge in [0.25, 0.3) is 5.91 Å². The lowest BCUT2D eigenvalue weighted by molar-refractivity contribution is 0.0789. The molecule has 0 spiro atoms. The summed E-state index contributed by atoms with van der Waals surface area (Å²) in [6.45, 7) is 5.91. The van der Waals surface area contributed by atoms with Crippen LogP contribution in [0.1, 0.15) is 54.1 Å². The van der Waals surface area contributed by atoms with Crippen molar-refractivity contribution in [3.8, 4) is 0 Å². The van der Waals surface area contributed by atoms with Crippen molar-refractivity contribution >= 4 is 27.7 Å². The molecule has 2 aromatic rings. The van der Waals surface area contributed by atoms with Gasteiger partial charge < -0.3 is 4.90 Å². The number of carbonyl (C=O) groups is 1. The van der Waals surface area contributed by atoms with Crippen molar-refractivity contribution in [1.82, 2.24) is 9.62 Å². The lowest BCUT2D eigenvalue weighted by atomic mass is 10.0. The fraction of sp³-hybridized carbons (Fsp3) is 0.409. The Kier molecular flexibility index (Phi) is 7.03. The Morgan fingerprint density at radius 1 is 1.10 bits per heavy atom. The van der Waals surface area contributed by atoms with E-state index in [0.29, 0.717) is 11.5 Å². The van der Waals surface area contributed by atoms with Crippen LogP contribution in [0.2, 0.25) is 0 Å². The third kappa shape index (κ3) is 5.21. The number of carbonyl (C=O) groups excluding carboxylic acids is 1. The number of benzene rings is 2. The van der Waals surface area contributed by atoms with Crippen molar-refractivity contribution in [3.05, 3.63) is 59.2 Å². The maximum atomic E-state index is 12.9. The first-order valence-corrected chi connectivity index (χ1v) is 12.6. The second kappa shape index (κ2) is 9.32. The largest absolute Gasteiger partial charge is 0.339 e. The number of hydrogen-bond acceptors (Lipinski definition) is 4. The number of amides is 1. The third-order valence-electron chi connectivity index (χ3n) is 5.22. The molecule has 1 heterocycles. The van der Waals surface area contributed by atoms with Gasteiger partial charge in [0.05, 0.1) is 10.5 Å². The average Bonchev–Trinajstić information content (AvgIpc) is 3.26. The van der Waals surface area contributed by atoms with E-state index in [1.54, 1.807) is 17.0 Å². The van der Waals surface area contributed by atoms with Gasteiger partial charge in [-0.3, -0.25) is 4.79 Å². The molecule has 2 aromatic carbocycles. The van der Waals surface area contributed by atoms with Crippen molar-refractivity contribution in [2.45, 2.75) is 48.9 Å². The summed E-state index contributed by atoms with van der Waals surface area (Å²) in [5.74, 6) is 0.343. The smallest absolute Gasteiger partial charge is 0.255 e. The van der Waals surface area contributed by atoms with E-state index >= 15 is 0 Å². The molecule has 0 bridgehead atoms. The lowest BCUT2D eigenvalue weighted by Crippen LogP contribution is -2.29. The minimum Gasteiger partial charge on any atom is -0.339 e. The van der Waals surface area contributed by atoms with Crippen LogP contribution in [0.25, 0.3) is 0 Å². The molecular weight excluding hydrogens is 404 g/mol. The summed E-state index contributed by atoms with van der Waals surface area (Å²) in [6, 6.07) is 12.7. The van der Waals surface area contributed by atoms with Gasteiger partial charge in [-0.15, -0.1) is 11.8 Å². The molecule has 1 amide bonds. The zero-order valence-electron chi connectivity index (χ0n) is 17.1. The van der Waals surface area contributed by atoms with Crippen molar-refractivity contribution in [2.24, 2.45) is 0 Å². The van der Waals surface area contributed by atoms with Crippen LogP contribution in [0.3, 0.4) is 0 Å². The number of sulfonamides is 1. The number of hydrogen-bond donors (Lipinski definition) is 1. The predicted octanol–water partition coefficient (Wildman–Crippen LogP) is 4.25. The molecule has 1 aliphatic heterocycles. The van der Waals surface area contributed by atoms with E-state index in [1.807, 2.05) is 30.5 Å². The summed E-state index contributed by atoms with van der Waals surface area (Å²) in [7, 11) is -3.72. The van der Waals surface area contributed by atoms with E-state index < -0.39 is 10.0 Å². The molecular formula is C22H28N2O3S2. The van der Waals surface area contributed by atoms with Crippen molar-refractivity contribution in [3.63, 3.8) is 0 Å². The van der Waals surface area contributed by atoms with Crippen LogP contribution < -0.4 is 4.72 Å². The minimum absolute atomic E-state index is 0.0897. The highest BCUT2D eigenvalue weighted by molar-refractivity contribution is 7.98. The molecule has 0 atom stereocenters. The highest BCUT2D eigenvalue weighted by Gasteiger charge is 2.24. The molecule has 0 unspecified atom stereocenters. The van der Waals surface area contributed by atoms with E-state index in [9.17, 15) is 13.2 Å². The highest BCUT2D eigenvalue weighted by Crippen LogP contribution is 2.26. The second-order valence-corrected chi connectivity index (χ2v) is 10.2. The molecule has 0 saturated carbocycles. The molecule has 0 aliphatic carbocycles. The molecule has 0 radical (unpaired) electrons. The van der Waals surface area contributed by atoms with E-state index in [0.717, 1.165) is 36.4 Å². The van der Waals surface area contributed by atoms with Gasteiger partial charge >= 0.3 is 0 Å². The summed E-state index contributed by atoms with van der Waals surface area (Å²) in [5, 5.41) is 0. The summed E-state index contributed by atoms with van der Waals surface area (Å²) in [5.41, 5.74) is 2.57. The summed E-state index contributed by atoms with van der Waals surface area (Å²) in [6.07, 6.45) is 3.88. The molecule has 1 saturated heterocycles. The quantitative estimate of drug-likeness (QED) is 0.665. The fourth-order valence-electron chi connectivity index (χ4n) is 3.39. The van der Waals surface area contributed by atoms with E-state index in [1.165, 1.54) is 23.4 Å². The van der Waals surface area contributed by atoms with Crippen LogP contribution in [0, 0.1) is 0 Å². The SMILES string of the molecule is CSc1ccc(S(=O)(=O)NCc2ccc(C(C)C)cc2)cc1C(=O)N1CCCC1. The van der Waals surface area contributed by atoms with Crippen LogP contribution in [-0.4, -0.2) is 38.6 Å². The van der Waals surface area contributed by atoms with E-state index in [2.05, 4.69) is 18.6 Å². The zero-order valence-corrected chi connectivity index (χ0v) is 18.8. The van der Waals surface area contributed by atoms with Crippen LogP contribution in [0.4, 0.5) is 0 Å². The Balaban J connectivity index is 1.79. The number of nitrogens with one attached hydrogen (secondary N) is 1. The zero-order chi connectivity index (χ0) is 21.0. The molecule has 3 rings (SSSR count). The van der Waals surface area contributed by atoms with E-state index in [4.69, 9.17) is 0 Å². The molecule has 1 fully saturated rings. The first kappa shape index (κ1) is 21.9. The Hall–Kier alpha value is -1.83. The maximum Gasteiger partial charge on any atom is 0.255 e. The summed E-state index contributed by atoms with van der Waals surface area (Å²) in [4.78, 5) is 15.6.